The molecule has 1 fully saturated rings. The maximum absolute atomic E-state index is 11.5. The van der Waals surface area contributed by atoms with Crippen molar-refractivity contribution in [3.05, 3.63) is 23.8 Å². The van der Waals surface area contributed by atoms with Crippen molar-refractivity contribution in [3.8, 4) is 0 Å². The lowest BCUT2D eigenvalue weighted by Crippen LogP contribution is -2.33. The third kappa shape index (κ3) is 6.77. The van der Waals surface area contributed by atoms with E-state index in [-0.39, 0.29) is 26.1 Å². The highest BCUT2D eigenvalue weighted by Gasteiger charge is 2.32. The molecule has 0 atom stereocenters. The van der Waals surface area contributed by atoms with Crippen molar-refractivity contribution in [2.45, 2.75) is 19.3 Å². The van der Waals surface area contributed by atoms with E-state index in [1.54, 1.807) is 0 Å². The van der Waals surface area contributed by atoms with Crippen molar-refractivity contribution in [2.24, 2.45) is 0 Å². The highest BCUT2D eigenvalue weighted by Crippen LogP contribution is 2.12. The fraction of sp³-hybridized carbons (Fsp3) is 0.588. The molecule has 25 heavy (non-hydrogen) atoms. The first-order chi connectivity index (χ1) is 12.1. The van der Waals surface area contributed by atoms with Gasteiger partial charge in [-0.2, -0.15) is 0 Å². The Kier molecular flexibility index (Phi) is 7.77. The number of carbonyl (C=O) groups is 3. The second-order valence-corrected chi connectivity index (χ2v) is 5.91. The summed E-state index contributed by atoms with van der Waals surface area (Å²) < 4.78 is 10.6. The lowest BCUT2D eigenvalue weighted by Gasteiger charge is -2.17. The third-order valence-electron chi connectivity index (χ3n) is 3.73. The minimum atomic E-state index is -0.776. The average molecular weight is 352 g/mol. The van der Waals surface area contributed by atoms with Crippen LogP contribution in [0.15, 0.2) is 23.8 Å². The third-order valence-corrected chi connectivity index (χ3v) is 3.73. The maximum atomic E-state index is 11.5. The van der Waals surface area contributed by atoms with Crippen molar-refractivity contribution in [1.82, 2.24) is 9.96 Å². The van der Waals surface area contributed by atoms with Gasteiger partial charge in [0.2, 0.25) is 0 Å². The van der Waals surface area contributed by atoms with Crippen molar-refractivity contribution in [3.63, 3.8) is 0 Å². The van der Waals surface area contributed by atoms with Gasteiger partial charge in [0, 0.05) is 25.9 Å². The van der Waals surface area contributed by atoms with E-state index in [4.69, 9.17) is 9.47 Å². The van der Waals surface area contributed by atoms with Crippen LogP contribution < -0.4 is 0 Å². The van der Waals surface area contributed by atoms with E-state index in [0.29, 0.717) is 18.3 Å². The van der Waals surface area contributed by atoms with E-state index in [1.807, 2.05) is 7.05 Å². The van der Waals surface area contributed by atoms with Crippen molar-refractivity contribution < 1.29 is 28.7 Å². The molecule has 0 aromatic rings. The number of hydroxylamine groups is 2. The Morgan fingerprint density at radius 3 is 2.56 bits per heavy atom. The fourth-order valence-corrected chi connectivity index (χ4v) is 2.42. The van der Waals surface area contributed by atoms with Gasteiger partial charge in [0.05, 0.1) is 19.8 Å². The fourth-order valence-electron chi connectivity index (χ4n) is 2.42. The van der Waals surface area contributed by atoms with Gasteiger partial charge >= 0.3 is 5.97 Å². The van der Waals surface area contributed by atoms with E-state index in [0.717, 1.165) is 19.5 Å². The minimum Gasteiger partial charge on any atom is -0.378 e. The molecule has 0 aromatic heterocycles. The van der Waals surface area contributed by atoms with E-state index >= 15 is 0 Å². The first kappa shape index (κ1) is 19.3. The number of carbonyl (C=O) groups excluding carboxylic acids is 3. The van der Waals surface area contributed by atoms with Crippen LogP contribution in [0.2, 0.25) is 0 Å². The van der Waals surface area contributed by atoms with Crippen LogP contribution in [0.1, 0.15) is 19.3 Å². The number of imide groups is 1. The topological polar surface area (TPSA) is 85.4 Å². The van der Waals surface area contributed by atoms with Gasteiger partial charge in [-0.05, 0) is 13.5 Å². The second-order valence-electron chi connectivity index (χ2n) is 5.91. The van der Waals surface area contributed by atoms with Gasteiger partial charge in [0.1, 0.15) is 6.61 Å². The van der Waals surface area contributed by atoms with E-state index in [2.05, 4.69) is 28.0 Å². The Morgan fingerprint density at radius 1 is 1.16 bits per heavy atom. The molecule has 2 amide bonds. The predicted octanol–water partition coefficient (Wildman–Crippen LogP) is 0.445. The largest absolute Gasteiger partial charge is 0.378 e. The average Bonchev–Trinajstić information content (AvgIpc) is 3.19. The molecule has 0 aromatic carbocycles. The number of allylic oxidation sites excluding steroid dienone is 3. The molecule has 0 N–H and O–H groups in total. The van der Waals surface area contributed by atoms with Gasteiger partial charge in [-0.1, -0.05) is 23.8 Å². The molecule has 8 nitrogen and oxygen atoms in total. The van der Waals surface area contributed by atoms with Crippen LogP contribution in [0.25, 0.3) is 0 Å². The van der Waals surface area contributed by atoms with Gasteiger partial charge in [-0.25, -0.2) is 4.79 Å². The highest BCUT2D eigenvalue weighted by atomic mass is 16.7. The molecule has 1 saturated heterocycles. The molecule has 8 heteroatoms. The zero-order chi connectivity index (χ0) is 18.1. The van der Waals surface area contributed by atoms with Crippen LogP contribution in [0.5, 0.6) is 0 Å². The molecule has 2 aliphatic rings. The Balaban J connectivity index is 1.44. The van der Waals surface area contributed by atoms with Gasteiger partial charge in [0.15, 0.2) is 0 Å². The predicted molar refractivity (Wildman–Crippen MR) is 88.2 cm³/mol. The van der Waals surface area contributed by atoms with Crippen LogP contribution >= 0.6 is 0 Å². The summed E-state index contributed by atoms with van der Waals surface area (Å²) in [6.07, 6.45) is 7.50. The van der Waals surface area contributed by atoms with Gasteiger partial charge in [0.25, 0.3) is 11.8 Å². The molecule has 138 valence electrons. The summed E-state index contributed by atoms with van der Waals surface area (Å²) in [6.45, 7) is 2.55. The molecule has 1 aliphatic heterocycles. The lowest BCUT2D eigenvalue weighted by molar-refractivity contribution is -0.200. The summed E-state index contributed by atoms with van der Waals surface area (Å²) >= 11 is 0. The van der Waals surface area contributed by atoms with Gasteiger partial charge in [-0.3, -0.25) is 9.59 Å². The monoisotopic (exact) mass is 352 g/mol. The molecule has 0 radical (unpaired) electrons. The Bertz CT molecular complexity index is 541. The van der Waals surface area contributed by atoms with Gasteiger partial charge < -0.3 is 19.2 Å². The molecule has 1 heterocycles. The molecule has 1 aliphatic carbocycles. The lowest BCUT2D eigenvalue weighted by atomic mass is 10.2. The Morgan fingerprint density at radius 2 is 1.88 bits per heavy atom. The number of hydrogen-bond donors (Lipinski definition) is 0. The summed E-state index contributed by atoms with van der Waals surface area (Å²) in [6, 6.07) is 0. The van der Waals surface area contributed by atoms with Crippen molar-refractivity contribution >= 4 is 17.8 Å². The number of hydrogen-bond acceptors (Lipinski definition) is 7. The van der Waals surface area contributed by atoms with Crippen LogP contribution in [-0.4, -0.2) is 74.3 Å². The molecule has 0 bridgehead atoms. The number of rotatable bonds is 11. The van der Waals surface area contributed by atoms with E-state index < -0.39 is 17.8 Å². The number of amides is 2. The summed E-state index contributed by atoms with van der Waals surface area (Å²) in [5.41, 5.74) is 1.39. The highest BCUT2D eigenvalue weighted by molar-refractivity contribution is 6.01. The SMILES string of the molecule is CN(CCOCCOCC(=O)ON1C(=O)CCC1=O)CC1=CC=CC1. The first-order valence-corrected chi connectivity index (χ1v) is 8.31. The van der Waals surface area contributed by atoms with E-state index in [1.165, 1.54) is 5.57 Å². The second kappa shape index (κ2) is 10.1. The van der Waals surface area contributed by atoms with Crippen LogP contribution in [0.3, 0.4) is 0 Å². The molecule has 0 unspecified atom stereocenters. The van der Waals surface area contributed by atoms with Crippen molar-refractivity contribution in [1.29, 1.82) is 0 Å². The van der Waals surface area contributed by atoms with Crippen LogP contribution in [0.4, 0.5) is 0 Å². The number of nitrogens with zero attached hydrogens (tertiary/aromatic N) is 2. The number of ether oxygens (including phenoxy) is 2. The van der Waals surface area contributed by atoms with Crippen LogP contribution in [0, 0.1) is 0 Å². The molecule has 2 rings (SSSR count). The quantitative estimate of drug-likeness (QED) is 0.394. The molecule has 0 spiro atoms. The minimum absolute atomic E-state index is 0.0725. The van der Waals surface area contributed by atoms with Crippen molar-refractivity contribution in [2.75, 3.05) is 46.6 Å². The van der Waals surface area contributed by atoms with Crippen LogP contribution in [-0.2, 0) is 28.7 Å². The summed E-state index contributed by atoms with van der Waals surface area (Å²) in [5.74, 6) is -1.79. The van der Waals surface area contributed by atoms with E-state index in [9.17, 15) is 14.4 Å². The molecule has 0 saturated carbocycles. The Labute approximate surface area is 146 Å². The standard InChI is InChI=1S/C17H24N2O6/c1-18(12-14-4-2-3-5-14)8-9-23-10-11-24-13-17(22)25-19-15(20)6-7-16(19)21/h2-4H,5-13H2,1H3. The normalized spacial score (nSPS) is 16.9. The summed E-state index contributed by atoms with van der Waals surface area (Å²) in [7, 11) is 2.04. The maximum Gasteiger partial charge on any atom is 0.358 e. The van der Waals surface area contributed by atoms with Gasteiger partial charge in [-0.15, -0.1) is 5.06 Å². The zero-order valence-electron chi connectivity index (χ0n) is 14.4. The number of likely N-dealkylation sites (N-methyl/N-ethyl adjacent to an activating group) is 1. The Hall–Kier alpha value is -2.03. The summed E-state index contributed by atoms with van der Waals surface area (Å²) in [5, 5.41) is 0.507. The molecular formula is C17H24N2O6. The zero-order valence-corrected chi connectivity index (χ0v) is 14.4. The smallest absolute Gasteiger partial charge is 0.358 e. The molecular weight excluding hydrogens is 328 g/mol. The summed E-state index contributed by atoms with van der Waals surface area (Å²) in [4.78, 5) is 40.9. The first-order valence-electron chi connectivity index (χ1n) is 8.31.